The van der Waals surface area contributed by atoms with Crippen molar-refractivity contribution in [1.82, 2.24) is 0 Å². The van der Waals surface area contributed by atoms with Gasteiger partial charge in [-0.15, -0.1) is 11.3 Å². The Kier molecular flexibility index (Phi) is 4.19. The molecule has 3 aromatic rings. The van der Waals surface area contributed by atoms with Gasteiger partial charge in [-0.25, -0.2) is 4.79 Å². The van der Waals surface area contributed by atoms with E-state index in [1.165, 1.54) is 17.4 Å². The van der Waals surface area contributed by atoms with Crippen LogP contribution in [0.3, 0.4) is 0 Å². The molecule has 0 spiro atoms. The van der Waals surface area contributed by atoms with E-state index >= 15 is 0 Å². The first kappa shape index (κ1) is 16.0. The van der Waals surface area contributed by atoms with Crippen molar-refractivity contribution in [2.45, 2.75) is 0 Å². The lowest BCUT2D eigenvalue weighted by molar-refractivity contribution is 0.0998. The third kappa shape index (κ3) is 3.21. The van der Waals surface area contributed by atoms with E-state index in [1.807, 2.05) is 24.3 Å². The second kappa shape index (κ2) is 6.30. The summed E-state index contributed by atoms with van der Waals surface area (Å²) in [6, 6.07) is 10.0. The van der Waals surface area contributed by atoms with Crippen molar-refractivity contribution < 1.29 is 14.4 Å². The normalized spacial score (nSPS) is 10.5. The van der Waals surface area contributed by atoms with Crippen molar-refractivity contribution in [3.63, 3.8) is 0 Å². The molecule has 3 rings (SSSR count). The van der Waals surface area contributed by atoms with E-state index in [4.69, 9.17) is 11.5 Å². The van der Waals surface area contributed by atoms with Crippen LogP contribution in [0, 0.1) is 0 Å². The number of thiophene rings is 2. The summed E-state index contributed by atoms with van der Waals surface area (Å²) in [6.07, 6.45) is 0. The number of anilines is 2. The highest BCUT2D eigenvalue weighted by Gasteiger charge is 2.17. The molecule has 9 heteroatoms. The van der Waals surface area contributed by atoms with Crippen LogP contribution in [0.1, 0.15) is 20.0 Å². The third-order valence-corrected chi connectivity index (χ3v) is 5.20. The fraction of sp³-hybridized carbons (Fsp3) is 0. The van der Waals surface area contributed by atoms with Crippen LogP contribution in [-0.2, 0) is 0 Å². The summed E-state index contributed by atoms with van der Waals surface area (Å²) in [6.45, 7) is 0. The van der Waals surface area contributed by atoms with Gasteiger partial charge in [-0.3, -0.25) is 14.9 Å². The van der Waals surface area contributed by atoms with Gasteiger partial charge in [-0.2, -0.15) is 0 Å². The molecule has 0 aliphatic carbocycles. The molecule has 6 N–H and O–H groups in total. The zero-order chi connectivity index (χ0) is 17.3. The van der Waals surface area contributed by atoms with Gasteiger partial charge in [0.05, 0.1) is 15.4 Å². The summed E-state index contributed by atoms with van der Waals surface area (Å²) < 4.78 is 1.00. The minimum Gasteiger partial charge on any atom is -0.366 e. The molecule has 2 heterocycles. The number of amides is 4. The van der Waals surface area contributed by atoms with Gasteiger partial charge < -0.3 is 16.8 Å². The molecule has 4 amide bonds. The molecular weight excluding hydrogens is 348 g/mol. The second-order valence-electron chi connectivity index (χ2n) is 4.81. The lowest BCUT2D eigenvalue weighted by Crippen LogP contribution is -2.21. The lowest BCUT2D eigenvalue weighted by Gasteiger charge is -1.99. The first-order valence-electron chi connectivity index (χ1n) is 6.74. The molecule has 0 bridgehead atoms. The molecular formula is C15H12N4O3S2. The fourth-order valence-electron chi connectivity index (χ4n) is 2.11. The van der Waals surface area contributed by atoms with Gasteiger partial charge in [0.25, 0.3) is 11.8 Å². The average molecular weight is 360 g/mol. The van der Waals surface area contributed by atoms with Crippen LogP contribution >= 0.6 is 22.7 Å². The Labute approximate surface area is 144 Å². The van der Waals surface area contributed by atoms with E-state index in [-0.39, 0.29) is 16.5 Å². The van der Waals surface area contributed by atoms with Gasteiger partial charge >= 0.3 is 6.03 Å². The van der Waals surface area contributed by atoms with Gasteiger partial charge in [-0.1, -0.05) is 29.5 Å². The highest BCUT2D eigenvalue weighted by molar-refractivity contribution is 7.22. The summed E-state index contributed by atoms with van der Waals surface area (Å²) in [5, 5.41) is 6.58. The second-order valence-corrected chi connectivity index (χ2v) is 6.95. The largest absolute Gasteiger partial charge is 0.366 e. The minimum absolute atomic E-state index is 0.0884. The monoisotopic (exact) mass is 360 g/mol. The zero-order valence-corrected chi connectivity index (χ0v) is 13.8. The zero-order valence-electron chi connectivity index (χ0n) is 12.2. The number of primary amides is 2. The first-order chi connectivity index (χ1) is 11.4. The number of fused-ring (bicyclic) bond motifs is 1. The molecule has 0 radical (unpaired) electrons. The van der Waals surface area contributed by atoms with Crippen molar-refractivity contribution in [3.05, 3.63) is 46.8 Å². The number of carbonyl (C=O) groups excluding carboxylic acids is 3. The molecule has 0 aliphatic rings. The lowest BCUT2D eigenvalue weighted by atomic mass is 10.2. The van der Waals surface area contributed by atoms with Gasteiger partial charge in [-0.05, 0) is 23.6 Å². The van der Waals surface area contributed by atoms with Crippen LogP contribution in [0.4, 0.5) is 14.8 Å². The molecule has 0 aliphatic heterocycles. The maximum atomic E-state index is 12.4. The SMILES string of the molecule is NC(=O)Nc1sc(NC(=O)c2cc3ccccc3s2)cc1C(N)=O. The van der Waals surface area contributed by atoms with Gasteiger partial charge in [0.1, 0.15) is 5.00 Å². The van der Waals surface area contributed by atoms with Crippen LogP contribution in [-0.4, -0.2) is 17.8 Å². The Morgan fingerprint density at radius 2 is 1.71 bits per heavy atom. The van der Waals surface area contributed by atoms with Crippen LogP contribution in [0.5, 0.6) is 0 Å². The maximum absolute atomic E-state index is 12.4. The fourth-order valence-corrected chi connectivity index (χ4v) is 4.03. The van der Waals surface area contributed by atoms with E-state index in [0.717, 1.165) is 21.4 Å². The van der Waals surface area contributed by atoms with Crippen LogP contribution in [0.15, 0.2) is 36.4 Å². The number of benzene rings is 1. The van der Waals surface area contributed by atoms with Crippen molar-refractivity contribution >= 4 is 60.6 Å². The van der Waals surface area contributed by atoms with Crippen LogP contribution in [0.25, 0.3) is 10.1 Å². The topological polar surface area (TPSA) is 127 Å². The predicted molar refractivity (Wildman–Crippen MR) is 95.8 cm³/mol. The van der Waals surface area contributed by atoms with Crippen molar-refractivity contribution in [3.8, 4) is 0 Å². The minimum atomic E-state index is -0.818. The number of nitrogens with two attached hydrogens (primary N) is 2. The number of urea groups is 1. The quantitative estimate of drug-likeness (QED) is 0.571. The highest BCUT2D eigenvalue weighted by atomic mass is 32.1. The smallest absolute Gasteiger partial charge is 0.317 e. The molecule has 1 aromatic carbocycles. The standard InChI is InChI=1S/C15H12N4O3S2/c16-12(20)8-6-11(24-14(8)19-15(17)22)18-13(21)10-5-7-3-1-2-4-9(7)23-10/h1-6H,(H2,16,20)(H,18,21)(H3,17,19,22). The van der Waals surface area contributed by atoms with Gasteiger partial charge in [0.2, 0.25) is 0 Å². The first-order valence-corrected chi connectivity index (χ1v) is 8.37. The Morgan fingerprint density at radius 3 is 2.38 bits per heavy atom. The molecule has 122 valence electrons. The molecule has 0 atom stereocenters. The number of hydrogen-bond acceptors (Lipinski definition) is 5. The van der Waals surface area contributed by atoms with Crippen LogP contribution < -0.4 is 22.1 Å². The number of carbonyl (C=O) groups is 3. The molecule has 0 fully saturated rings. The molecule has 2 aromatic heterocycles. The number of nitrogens with one attached hydrogen (secondary N) is 2. The Hall–Kier alpha value is -2.91. The average Bonchev–Trinajstić information content (AvgIpc) is 3.10. The highest BCUT2D eigenvalue weighted by Crippen LogP contribution is 2.33. The van der Waals surface area contributed by atoms with Crippen molar-refractivity contribution in [2.24, 2.45) is 11.5 Å². The molecule has 0 saturated carbocycles. The van der Waals surface area contributed by atoms with E-state index in [1.54, 1.807) is 6.07 Å². The Morgan fingerprint density at radius 1 is 0.958 bits per heavy atom. The molecule has 7 nitrogen and oxygen atoms in total. The molecule has 0 unspecified atom stereocenters. The van der Waals surface area contributed by atoms with Gasteiger partial charge in [0.15, 0.2) is 0 Å². The number of rotatable bonds is 4. The maximum Gasteiger partial charge on any atom is 0.317 e. The predicted octanol–water partition coefficient (Wildman–Crippen LogP) is 2.80. The summed E-state index contributed by atoms with van der Waals surface area (Å²) in [7, 11) is 0. The Bertz CT molecular complexity index is 928. The van der Waals surface area contributed by atoms with E-state index < -0.39 is 11.9 Å². The molecule has 0 saturated heterocycles. The van der Waals surface area contributed by atoms with Gasteiger partial charge in [0, 0.05) is 4.70 Å². The summed E-state index contributed by atoms with van der Waals surface area (Å²) in [5.74, 6) is -1.03. The van der Waals surface area contributed by atoms with E-state index in [0.29, 0.717) is 9.88 Å². The molecule has 24 heavy (non-hydrogen) atoms. The van der Waals surface area contributed by atoms with E-state index in [9.17, 15) is 14.4 Å². The van der Waals surface area contributed by atoms with Crippen LogP contribution in [0.2, 0.25) is 0 Å². The third-order valence-electron chi connectivity index (χ3n) is 3.12. The van der Waals surface area contributed by atoms with E-state index in [2.05, 4.69) is 10.6 Å². The Balaban J connectivity index is 1.85. The summed E-state index contributed by atoms with van der Waals surface area (Å²) >= 11 is 2.37. The van der Waals surface area contributed by atoms with Crippen molar-refractivity contribution in [2.75, 3.05) is 10.6 Å². The van der Waals surface area contributed by atoms with Crippen molar-refractivity contribution in [1.29, 1.82) is 0 Å². The summed E-state index contributed by atoms with van der Waals surface area (Å²) in [5.41, 5.74) is 10.4. The summed E-state index contributed by atoms with van der Waals surface area (Å²) in [4.78, 5) is 35.3. The number of hydrogen-bond donors (Lipinski definition) is 4.